The zero-order chi connectivity index (χ0) is 15.1. The molecule has 2 aromatic carbocycles. The highest BCUT2D eigenvalue weighted by atomic mass is 35.5. The SMILES string of the molecule is O=C(CSc1ccccc1Cl)NCCc1cccc(Cl)c1. The molecule has 0 saturated carbocycles. The lowest BCUT2D eigenvalue weighted by molar-refractivity contribution is -0.118. The first kappa shape index (κ1) is 16.2. The number of rotatable bonds is 6. The molecule has 2 rings (SSSR count). The minimum Gasteiger partial charge on any atom is -0.355 e. The first-order valence-electron chi connectivity index (χ1n) is 6.53. The Kier molecular flexibility index (Phi) is 6.43. The van der Waals surface area contributed by atoms with E-state index in [1.165, 1.54) is 11.8 Å². The standard InChI is InChI=1S/C16H15Cl2NOS/c17-13-5-3-4-12(10-13)8-9-19-16(20)11-21-15-7-2-1-6-14(15)18/h1-7,10H,8-9,11H2,(H,19,20). The van der Waals surface area contributed by atoms with E-state index in [1.807, 2.05) is 48.5 Å². The number of amides is 1. The minimum absolute atomic E-state index is 0.00180. The van der Waals surface area contributed by atoms with Crippen molar-refractivity contribution in [2.45, 2.75) is 11.3 Å². The predicted octanol–water partition coefficient (Wildman–Crippen LogP) is 4.44. The van der Waals surface area contributed by atoms with Gasteiger partial charge in [-0.2, -0.15) is 0 Å². The fraction of sp³-hybridized carbons (Fsp3) is 0.188. The number of halogens is 2. The Morgan fingerprint density at radius 1 is 1.10 bits per heavy atom. The molecular weight excluding hydrogens is 325 g/mol. The Balaban J connectivity index is 1.72. The van der Waals surface area contributed by atoms with Crippen molar-refractivity contribution in [1.29, 1.82) is 0 Å². The van der Waals surface area contributed by atoms with E-state index in [0.29, 0.717) is 22.3 Å². The van der Waals surface area contributed by atoms with Crippen LogP contribution in [0.2, 0.25) is 10.0 Å². The molecule has 0 aliphatic heterocycles. The molecule has 5 heteroatoms. The largest absolute Gasteiger partial charge is 0.355 e. The number of nitrogens with one attached hydrogen (secondary N) is 1. The summed E-state index contributed by atoms with van der Waals surface area (Å²) < 4.78 is 0. The summed E-state index contributed by atoms with van der Waals surface area (Å²) in [5.74, 6) is 0.362. The van der Waals surface area contributed by atoms with Gasteiger partial charge in [0.15, 0.2) is 0 Å². The average Bonchev–Trinajstić information content (AvgIpc) is 2.46. The van der Waals surface area contributed by atoms with Crippen LogP contribution in [0.15, 0.2) is 53.4 Å². The maximum atomic E-state index is 11.8. The van der Waals surface area contributed by atoms with Crippen LogP contribution < -0.4 is 5.32 Å². The zero-order valence-corrected chi connectivity index (χ0v) is 13.6. The highest BCUT2D eigenvalue weighted by molar-refractivity contribution is 8.00. The Hall–Kier alpha value is -1.16. The van der Waals surface area contributed by atoms with Crippen LogP contribution >= 0.6 is 35.0 Å². The van der Waals surface area contributed by atoms with Gasteiger partial charge in [-0.25, -0.2) is 0 Å². The van der Waals surface area contributed by atoms with Crippen LogP contribution in [0.4, 0.5) is 0 Å². The summed E-state index contributed by atoms with van der Waals surface area (Å²) in [5, 5.41) is 4.29. The van der Waals surface area contributed by atoms with Crippen LogP contribution in [-0.4, -0.2) is 18.2 Å². The average molecular weight is 340 g/mol. The monoisotopic (exact) mass is 339 g/mol. The molecule has 0 aliphatic carbocycles. The van der Waals surface area contributed by atoms with Crippen LogP contribution in [0.5, 0.6) is 0 Å². The van der Waals surface area contributed by atoms with Gasteiger partial charge in [0.05, 0.1) is 10.8 Å². The fourth-order valence-corrected chi connectivity index (χ4v) is 3.08. The lowest BCUT2D eigenvalue weighted by atomic mass is 10.1. The van der Waals surface area contributed by atoms with Crippen molar-refractivity contribution < 1.29 is 4.79 Å². The molecule has 0 aliphatic rings. The molecule has 0 fully saturated rings. The number of hydrogen-bond donors (Lipinski definition) is 1. The van der Waals surface area contributed by atoms with E-state index in [0.717, 1.165) is 16.9 Å². The molecule has 0 heterocycles. The van der Waals surface area contributed by atoms with Crippen molar-refractivity contribution >= 4 is 40.9 Å². The molecule has 0 radical (unpaired) electrons. The van der Waals surface area contributed by atoms with Crippen LogP contribution in [0, 0.1) is 0 Å². The van der Waals surface area contributed by atoms with Crippen molar-refractivity contribution in [2.75, 3.05) is 12.3 Å². The van der Waals surface area contributed by atoms with Crippen molar-refractivity contribution in [3.63, 3.8) is 0 Å². The molecule has 0 aromatic heterocycles. The second-order valence-corrected chi connectivity index (χ2v) is 6.31. The summed E-state index contributed by atoms with van der Waals surface area (Å²) in [5.41, 5.74) is 1.11. The summed E-state index contributed by atoms with van der Waals surface area (Å²) in [6.07, 6.45) is 0.767. The van der Waals surface area contributed by atoms with Crippen LogP contribution in [0.3, 0.4) is 0 Å². The maximum absolute atomic E-state index is 11.8. The van der Waals surface area contributed by atoms with Gasteiger partial charge in [0.1, 0.15) is 0 Å². The molecule has 0 saturated heterocycles. The summed E-state index contributed by atoms with van der Waals surface area (Å²) in [4.78, 5) is 12.7. The van der Waals surface area contributed by atoms with E-state index in [9.17, 15) is 4.79 Å². The number of carbonyl (C=O) groups is 1. The van der Waals surface area contributed by atoms with Gasteiger partial charge in [0.25, 0.3) is 0 Å². The van der Waals surface area contributed by atoms with Crippen molar-refractivity contribution in [3.05, 3.63) is 64.1 Å². The first-order valence-corrected chi connectivity index (χ1v) is 8.28. The number of carbonyl (C=O) groups excluding carboxylic acids is 1. The first-order chi connectivity index (χ1) is 10.1. The molecule has 0 bridgehead atoms. The molecule has 1 N–H and O–H groups in total. The molecule has 1 amide bonds. The van der Waals surface area contributed by atoms with Gasteiger partial charge in [-0.05, 0) is 36.2 Å². The molecular formula is C16H15Cl2NOS. The topological polar surface area (TPSA) is 29.1 Å². The predicted molar refractivity (Wildman–Crippen MR) is 90.3 cm³/mol. The van der Waals surface area contributed by atoms with E-state index in [4.69, 9.17) is 23.2 Å². The molecule has 21 heavy (non-hydrogen) atoms. The highest BCUT2D eigenvalue weighted by Gasteiger charge is 2.05. The summed E-state index contributed by atoms with van der Waals surface area (Å²) in [6.45, 7) is 0.599. The molecule has 0 unspecified atom stereocenters. The van der Waals surface area contributed by atoms with E-state index < -0.39 is 0 Å². The molecule has 2 aromatic rings. The minimum atomic E-state index is 0.00180. The third kappa shape index (κ3) is 5.62. The van der Waals surface area contributed by atoms with Gasteiger partial charge in [-0.15, -0.1) is 11.8 Å². The van der Waals surface area contributed by atoms with Gasteiger partial charge >= 0.3 is 0 Å². The van der Waals surface area contributed by atoms with Crippen molar-refractivity contribution in [2.24, 2.45) is 0 Å². The van der Waals surface area contributed by atoms with Gasteiger partial charge in [0.2, 0.25) is 5.91 Å². The van der Waals surface area contributed by atoms with E-state index in [-0.39, 0.29) is 5.91 Å². The lowest BCUT2D eigenvalue weighted by Gasteiger charge is -2.06. The fourth-order valence-electron chi connectivity index (χ4n) is 1.79. The van der Waals surface area contributed by atoms with Gasteiger partial charge in [0, 0.05) is 16.5 Å². The van der Waals surface area contributed by atoms with E-state index >= 15 is 0 Å². The summed E-state index contributed by atoms with van der Waals surface area (Å²) in [6, 6.07) is 15.2. The Bertz CT molecular complexity index is 619. The smallest absolute Gasteiger partial charge is 0.230 e. The zero-order valence-electron chi connectivity index (χ0n) is 11.3. The number of benzene rings is 2. The Morgan fingerprint density at radius 3 is 2.67 bits per heavy atom. The Labute approximate surface area is 138 Å². The third-order valence-corrected chi connectivity index (χ3v) is 4.57. The third-order valence-electron chi connectivity index (χ3n) is 2.82. The van der Waals surface area contributed by atoms with Crippen molar-refractivity contribution in [3.8, 4) is 0 Å². The quantitative estimate of drug-likeness (QED) is 0.788. The normalized spacial score (nSPS) is 10.4. The molecule has 0 atom stereocenters. The van der Waals surface area contributed by atoms with Crippen molar-refractivity contribution in [1.82, 2.24) is 5.32 Å². The van der Waals surface area contributed by atoms with Crippen LogP contribution in [-0.2, 0) is 11.2 Å². The number of hydrogen-bond acceptors (Lipinski definition) is 2. The van der Waals surface area contributed by atoms with Crippen LogP contribution in [0.1, 0.15) is 5.56 Å². The van der Waals surface area contributed by atoms with Gasteiger partial charge in [-0.1, -0.05) is 47.5 Å². The molecule has 110 valence electrons. The highest BCUT2D eigenvalue weighted by Crippen LogP contribution is 2.26. The lowest BCUT2D eigenvalue weighted by Crippen LogP contribution is -2.27. The van der Waals surface area contributed by atoms with E-state index in [1.54, 1.807) is 0 Å². The molecule has 0 spiro atoms. The Morgan fingerprint density at radius 2 is 1.90 bits per heavy atom. The second kappa shape index (κ2) is 8.32. The van der Waals surface area contributed by atoms with E-state index in [2.05, 4.69) is 5.32 Å². The molecule has 2 nitrogen and oxygen atoms in total. The summed E-state index contributed by atoms with van der Waals surface area (Å²) >= 11 is 13.4. The van der Waals surface area contributed by atoms with Crippen LogP contribution in [0.25, 0.3) is 0 Å². The number of thioether (sulfide) groups is 1. The van der Waals surface area contributed by atoms with Gasteiger partial charge in [-0.3, -0.25) is 4.79 Å². The maximum Gasteiger partial charge on any atom is 0.230 e. The second-order valence-electron chi connectivity index (χ2n) is 4.45. The summed E-state index contributed by atoms with van der Waals surface area (Å²) in [7, 11) is 0. The van der Waals surface area contributed by atoms with Gasteiger partial charge < -0.3 is 5.32 Å².